The van der Waals surface area contributed by atoms with E-state index in [-0.39, 0.29) is 12.8 Å². The Hall–Kier alpha value is -2.20. The Morgan fingerprint density at radius 3 is 2.80 bits per heavy atom. The minimum absolute atomic E-state index is 0.0528. The Balaban J connectivity index is 1.74. The van der Waals surface area contributed by atoms with Gasteiger partial charge in [0.15, 0.2) is 11.5 Å². The third-order valence-electron chi connectivity index (χ3n) is 3.24. The molecule has 104 valence electrons. The van der Waals surface area contributed by atoms with Crippen LogP contribution in [0.2, 0.25) is 0 Å². The fourth-order valence-electron chi connectivity index (χ4n) is 2.18. The van der Waals surface area contributed by atoms with E-state index in [0.717, 1.165) is 28.4 Å². The van der Waals surface area contributed by atoms with Crippen LogP contribution in [0, 0.1) is 0 Å². The van der Waals surface area contributed by atoms with E-state index in [4.69, 9.17) is 19.9 Å². The normalized spacial score (nSPS) is 14.1. The van der Waals surface area contributed by atoms with Crippen LogP contribution in [0.5, 0.6) is 17.2 Å². The molecule has 1 aliphatic heterocycles. The summed E-state index contributed by atoms with van der Waals surface area (Å²) in [5, 5.41) is 0. The van der Waals surface area contributed by atoms with Crippen molar-refractivity contribution in [3.05, 3.63) is 53.6 Å². The minimum Gasteiger partial charge on any atom is -0.489 e. The third kappa shape index (κ3) is 2.56. The van der Waals surface area contributed by atoms with Crippen LogP contribution in [-0.2, 0) is 6.61 Å². The lowest BCUT2D eigenvalue weighted by Gasteiger charge is -2.14. The predicted molar refractivity (Wildman–Crippen MR) is 75.9 cm³/mol. The Bertz CT molecular complexity index is 610. The van der Waals surface area contributed by atoms with E-state index < -0.39 is 0 Å². The van der Waals surface area contributed by atoms with Crippen LogP contribution in [0.4, 0.5) is 0 Å². The first-order chi connectivity index (χ1) is 9.74. The molecule has 0 amide bonds. The summed E-state index contributed by atoms with van der Waals surface area (Å²) in [6.07, 6.45) is 0. The number of ether oxygens (including phenoxy) is 3. The molecule has 0 saturated heterocycles. The van der Waals surface area contributed by atoms with Crippen molar-refractivity contribution in [2.24, 2.45) is 5.73 Å². The number of hydrogen-bond donors (Lipinski definition) is 1. The molecule has 1 aliphatic rings. The highest BCUT2D eigenvalue weighted by Crippen LogP contribution is 2.33. The number of hydrogen-bond acceptors (Lipinski definition) is 4. The summed E-state index contributed by atoms with van der Waals surface area (Å²) in [7, 11) is 0. The minimum atomic E-state index is -0.0528. The fourth-order valence-corrected chi connectivity index (χ4v) is 2.18. The summed E-state index contributed by atoms with van der Waals surface area (Å²) >= 11 is 0. The van der Waals surface area contributed by atoms with Crippen molar-refractivity contribution in [1.82, 2.24) is 0 Å². The smallest absolute Gasteiger partial charge is 0.231 e. The van der Waals surface area contributed by atoms with E-state index in [1.165, 1.54) is 0 Å². The van der Waals surface area contributed by atoms with Crippen molar-refractivity contribution in [3.8, 4) is 17.2 Å². The number of nitrogens with two attached hydrogens (primary N) is 1. The largest absolute Gasteiger partial charge is 0.489 e. The fraction of sp³-hybridized carbons (Fsp3) is 0.250. The molecule has 1 unspecified atom stereocenters. The van der Waals surface area contributed by atoms with Gasteiger partial charge in [0, 0.05) is 11.6 Å². The number of fused-ring (bicyclic) bond motifs is 1. The zero-order valence-electron chi connectivity index (χ0n) is 11.3. The highest BCUT2D eigenvalue weighted by molar-refractivity contribution is 5.44. The van der Waals surface area contributed by atoms with Crippen LogP contribution < -0.4 is 19.9 Å². The number of para-hydroxylation sites is 1. The first-order valence-electron chi connectivity index (χ1n) is 6.60. The Morgan fingerprint density at radius 1 is 1.15 bits per heavy atom. The Kier molecular flexibility index (Phi) is 3.48. The molecule has 2 aromatic rings. The summed E-state index contributed by atoms with van der Waals surface area (Å²) < 4.78 is 16.5. The number of rotatable bonds is 4. The van der Waals surface area contributed by atoms with E-state index >= 15 is 0 Å². The molecular formula is C16H17NO3. The molecule has 0 bridgehead atoms. The van der Waals surface area contributed by atoms with E-state index in [9.17, 15) is 0 Å². The molecule has 3 rings (SSSR count). The Labute approximate surface area is 118 Å². The molecule has 2 N–H and O–H groups in total. The van der Waals surface area contributed by atoms with Gasteiger partial charge < -0.3 is 19.9 Å². The van der Waals surface area contributed by atoms with Gasteiger partial charge in [-0.25, -0.2) is 0 Å². The summed E-state index contributed by atoms with van der Waals surface area (Å²) in [4.78, 5) is 0. The van der Waals surface area contributed by atoms with Gasteiger partial charge in [0.2, 0.25) is 6.79 Å². The molecular weight excluding hydrogens is 254 g/mol. The average molecular weight is 271 g/mol. The highest BCUT2D eigenvalue weighted by Gasteiger charge is 2.13. The zero-order chi connectivity index (χ0) is 13.9. The van der Waals surface area contributed by atoms with Crippen molar-refractivity contribution < 1.29 is 14.2 Å². The molecule has 2 aromatic carbocycles. The molecule has 4 heteroatoms. The van der Waals surface area contributed by atoms with Gasteiger partial charge in [-0.2, -0.15) is 0 Å². The lowest BCUT2D eigenvalue weighted by atomic mass is 10.1. The topological polar surface area (TPSA) is 53.7 Å². The van der Waals surface area contributed by atoms with Crippen LogP contribution in [0.15, 0.2) is 42.5 Å². The molecule has 0 aliphatic carbocycles. The lowest BCUT2D eigenvalue weighted by molar-refractivity contribution is 0.174. The maximum Gasteiger partial charge on any atom is 0.231 e. The van der Waals surface area contributed by atoms with Crippen molar-refractivity contribution >= 4 is 0 Å². The van der Waals surface area contributed by atoms with Gasteiger partial charge in [0.05, 0.1) is 0 Å². The van der Waals surface area contributed by atoms with E-state index in [0.29, 0.717) is 6.61 Å². The van der Waals surface area contributed by atoms with Gasteiger partial charge in [-0.1, -0.05) is 24.3 Å². The average Bonchev–Trinajstić information content (AvgIpc) is 2.92. The Morgan fingerprint density at radius 2 is 1.95 bits per heavy atom. The van der Waals surface area contributed by atoms with E-state index in [1.54, 1.807) is 0 Å². The zero-order valence-corrected chi connectivity index (χ0v) is 11.3. The standard InChI is InChI=1S/C16H17NO3/c1-11(17)13-4-2-3-5-14(13)18-9-12-6-7-15-16(8-12)20-10-19-15/h2-8,11H,9-10,17H2,1H3. The van der Waals surface area contributed by atoms with Crippen molar-refractivity contribution in [1.29, 1.82) is 0 Å². The molecule has 4 nitrogen and oxygen atoms in total. The molecule has 0 spiro atoms. The molecule has 0 fully saturated rings. The second-order valence-corrected chi connectivity index (χ2v) is 4.80. The van der Waals surface area contributed by atoms with E-state index in [1.807, 2.05) is 49.4 Å². The van der Waals surface area contributed by atoms with E-state index in [2.05, 4.69) is 0 Å². The molecule has 20 heavy (non-hydrogen) atoms. The highest BCUT2D eigenvalue weighted by atomic mass is 16.7. The molecule has 1 heterocycles. The van der Waals surface area contributed by atoms with Crippen LogP contribution in [-0.4, -0.2) is 6.79 Å². The first-order valence-corrected chi connectivity index (χ1v) is 6.60. The van der Waals surface area contributed by atoms with Crippen molar-refractivity contribution in [2.45, 2.75) is 19.6 Å². The monoisotopic (exact) mass is 271 g/mol. The van der Waals surface area contributed by atoms with Crippen molar-refractivity contribution in [2.75, 3.05) is 6.79 Å². The molecule has 0 radical (unpaired) electrons. The second kappa shape index (κ2) is 5.43. The molecule has 0 saturated carbocycles. The maximum absolute atomic E-state index is 5.94. The summed E-state index contributed by atoms with van der Waals surface area (Å²) in [5.41, 5.74) is 7.98. The SMILES string of the molecule is CC(N)c1ccccc1OCc1ccc2c(c1)OCO2. The van der Waals surface area contributed by atoms with Gasteiger partial charge in [0.25, 0.3) is 0 Å². The van der Waals surface area contributed by atoms with Crippen molar-refractivity contribution in [3.63, 3.8) is 0 Å². The summed E-state index contributed by atoms with van der Waals surface area (Å²) in [6, 6.07) is 13.6. The third-order valence-corrected chi connectivity index (χ3v) is 3.24. The lowest BCUT2D eigenvalue weighted by Crippen LogP contribution is -2.07. The predicted octanol–water partition coefficient (Wildman–Crippen LogP) is 3.01. The van der Waals surface area contributed by atoms with Crippen LogP contribution >= 0.6 is 0 Å². The van der Waals surface area contributed by atoms with Gasteiger partial charge in [-0.3, -0.25) is 0 Å². The van der Waals surface area contributed by atoms with Gasteiger partial charge in [-0.05, 0) is 30.7 Å². The van der Waals surface area contributed by atoms with Gasteiger partial charge in [0.1, 0.15) is 12.4 Å². The maximum atomic E-state index is 5.94. The first kappa shape index (κ1) is 12.8. The van der Waals surface area contributed by atoms with Crippen LogP contribution in [0.1, 0.15) is 24.1 Å². The van der Waals surface area contributed by atoms with Crippen LogP contribution in [0.25, 0.3) is 0 Å². The summed E-state index contributed by atoms with van der Waals surface area (Å²) in [5.74, 6) is 2.37. The summed E-state index contributed by atoms with van der Waals surface area (Å²) in [6.45, 7) is 2.70. The second-order valence-electron chi connectivity index (χ2n) is 4.80. The van der Waals surface area contributed by atoms with Gasteiger partial charge in [-0.15, -0.1) is 0 Å². The quantitative estimate of drug-likeness (QED) is 0.928. The van der Waals surface area contributed by atoms with Gasteiger partial charge >= 0.3 is 0 Å². The molecule has 0 aromatic heterocycles. The number of benzene rings is 2. The van der Waals surface area contributed by atoms with Crippen LogP contribution in [0.3, 0.4) is 0 Å². The molecule has 1 atom stereocenters.